The van der Waals surface area contributed by atoms with Gasteiger partial charge in [-0.05, 0) is 12.1 Å². The molecule has 1 heterocycles. The van der Waals surface area contributed by atoms with Crippen LogP contribution in [-0.4, -0.2) is 32.3 Å². The number of hydrogen-bond acceptors (Lipinski definition) is 5. The minimum Gasteiger partial charge on any atom is -0.358 e. The summed E-state index contributed by atoms with van der Waals surface area (Å²) in [6.07, 6.45) is -6.40. The molecule has 8 heteroatoms. The number of alkyl halides is 3. The molecule has 2 N–H and O–H groups in total. The first kappa shape index (κ1) is 13.5. The van der Waals surface area contributed by atoms with Gasteiger partial charge in [-0.25, -0.2) is 0 Å². The van der Waals surface area contributed by atoms with Gasteiger partial charge in [-0.2, -0.15) is 18.2 Å². The van der Waals surface area contributed by atoms with Crippen molar-refractivity contribution in [1.82, 2.24) is 10.1 Å². The van der Waals surface area contributed by atoms with Crippen LogP contribution in [0.3, 0.4) is 0 Å². The van der Waals surface area contributed by atoms with Crippen molar-refractivity contribution in [2.75, 3.05) is 0 Å². The van der Waals surface area contributed by atoms with Gasteiger partial charge in [0.1, 0.15) is 0 Å². The molecule has 2 aromatic rings. The summed E-state index contributed by atoms with van der Waals surface area (Å²) in [5, 5.41) is 21.1. The summed E-state index contributed by atoms with van der Waals surface area (Å²) >= 11 is 0. The summed E-state index contributed by atoms with van der Waals surface area (Å²) in [5.74, 6) is -4.32. The summed E-state index contributed by atoms with van der Waals surface area (Å²) < 4.78 is 41.5. The standard InChI is InChI=1S/C11H9F3N2O3/c12-11(13,14)10(17,18)6-8-15-9(19-16-8)7-4-2-1-3-5-7/h1-5,17-18H,6H2. The summed E-state index contributed by atoms with van der Waals surface area (Å²) in [4.78, 5) is 3.68. The summed E-state index contributed by atoms with van der Waals surface area (Å²) in [7, 11) is 0. The van der Waals surface area contributed by atoms with Gasteiger partial charge in [-0.15, -0.1) is 0 Å². The fourth-order valence-electron chi connectivity index (χ4n) is 1.34. The Bertz CT molecular complexity index is 552. The number of hydrogen-bond donors (Lipinski definition) is 2. The Balaban J connectivity index is 2.19. The van der Waals surface area contributed by atoms with Crippen molar-refractivity contribution in [1.29, 1.82) is 0 Å². The minimum absolute atomic E-state index is 0.00794. The highest BCUT2D eigenvalue weighted by Gasteiger charge is 2.53. The van der Waals surface area contributed by atoms with Gasteiger partial charge in [0.05, 0.1) is 6.42 Å². The van der Waals surface area contributed by atoms with Crippen LogP contribution in [0.15, 0.2) is 34.9 Å². The molecule has 0 aliphatic rings. The van der Waals surface area contributed by atoms with E-state index in [2.05, 4.69) is 10.1 Å². The lowest BCUT2D eigenvalue weighted by Gasteiger charge is -2.22. The number of nitrogens with zero attached hydrogens (tertiary/aromatic N) is 2. The highest BCUT2D eigenvalue weighted by atomic mass is 19.4. The van der Waals surface area contributed by atoms with Crippen molar-refractivity contribution in [3.63, 3.8) is 0 Å². The Morgan fingerprint density at radius 2 is 1.74 bits per heavy atom. The predicted octanol–water partition coefficient (Wildman–Crippen LogP) is 1.52. The van der Waals surface area contributed by atoms with E-state index < -0.39 is 24.2 Å². The third-order valence-electron chi connectivity index (χ3n) is 2.35. The second-order valence-corrected chi connectivity index (χ2v) is 3.87. The van der Waals surface area contributed by atoms with E-state index in [1.807, 2.05) is 0 Å². The zero-order valence-corrected chi connectivity index (χ0v) is 9.42. The molecule has 0 spiro atoms. The Kier molecular flexibility index (Phi) is 3.29. The monoisotopic (exact) mass is 274 g/mol. The summed E-state index contributed by atoms with van der Waals surface area (Å²) in [6.45, 7) is 0. The molecule has 2 rings (SSSR count). The van der Waals surface area contributed by atoms with Crippen LogP contribution in [0.5, 0.6) is 0 Å². The van der Waals surface area contributed by atoms with E-state index in [4.69, 9.17) is 14.7 Å². The highest BCUT2D eigenvalue weighted by molar-refractivity contribution is 5.51. The van der Waals surface area contributed by atoms with Crippen LogP contribution >= 0.6 is 0 Å². The number of benzene rings is 1. The molecule has 0 atom stereocenters. The lowest BCUT2D eigenvalue weighted by Crippen LogP contribution is -2.47. The lowest BCUT2D eigenvalue weighted by molar-refractivity contribution is -0.348. The van der Waals surface area contributed by atoms with E-state index in [1.165, 1.54) is 0 Å². The van der Waals surface area contributed by atoms with E-state index in [1.54, 1.807) is 30.3 Å². The first-order chi connectivity index (χ1) is 8.79. The number of halogens is 3. The van der Waals surface area contributed by atoms with E-state index in [9.17, 15) is 13.2 Å². The van der Waals surface area contributed by atoms with Crippen LogP contribution in [-0.2, 0) is 6.42 Å². The zero-order valence-electron chi connectivity index (χ0n) is 9.42. The largest absolute Gasteiger partial charge is 0.443 e. The fourth-order valence-corrected chi connectivity index (χ4v) is 1.34. The maximum atomic E-state index is 12.3. The maximum Gasteiger partial charge on any atom is 0.443 e. The third kappa shape index (κ3) is 2.91. The van der Waals surface area contributed by atoms with Crippen molar-refractivity contribution in [3.05, 3.63) is 36.2 Å². The molecule has 0 saturated heterocycles. The van der Waals surface area contributed by atoms with Crippen molar-refractivity contribution in [3.8, 4) is 11.5 Å². The second kappa shape index (κ2) is 4.63. The molecule has 19 heavy (non-hydrogen) atoms. The average molecular weight is 274 g/mol. The van der Waals surface area contributed by atoms with Crippen LogP contribution in [0, 0.1) is 0 Å². The van der Waals surface area contributed by atoms with Crippen LogP contribution in [0.25, 0.3) is 11.5 Å². The molecule has 0 aliphatic carbocycles. The molecule has 0 radical (unpaired) electrons. The normalized spacial score (nSPS) is 12.7. The molecule has 1 aromatic carbocycles. The molecular formula is C11H9F3N2O3. The Morgan fingerprint density at radius 1 is 1.11 bits per heavy atom. The zero-order chi connectivity index (χ0) is 14.1. The van der Waals surface area contributed by atoms with Crippen molar-refractivity contribution < 1.29 is 27.9 Å². The number of aliphatic hydroxyl groups is 2. The number of aromatic nitrogens is 2. The van der Waals surface area contributed by atoms with Crippen molar-refractivity contribution >= 4 is 0 Å². The van der Waals surface area contributed by atoms with Gasteiger partial charge >= 0.3 is 6.18 Å². The average Bonchev–Trinajstić information content (AvgIpc) is 2.76. The van der Waals surface area contributed by atoms with Gasteiger partial charge in [0.25, 0.3) is 11.7 Å². The third-order valence-corrected chi connectivity index (χ3v) is 2.35. The van der Waals surface area contributed by atoms with Crippen LogP contribution in [0.1, 0.15) is 5.82 Å². The first-order valence-electron chi connectivity index (χ1n) is 5.19. The van der Waals surface area contributed by atoms with Gasteiger partial charge in [-0.1, -0.05) is 23.4 Å². The molecule has 0 saturated carbocycles. The minimum atomic E-state index is -5.19. The topological polar surface area (TPSA) is 79.4 Å². The summed E-state index contributed by atoms with van der Waals surface area (Å²) in [6, 6.07) is 8.39. The van der Waals surface area contributed by atoms with Gasteiger partial charge < -0.3 is 14.7 Å². The molecular weight excluding hydrogens is 265 g/mol. The smallest absolute Gasteiger partial charge is 0.358 e. The Labute approximate surface area is 105 Å². The Hall–Kier alpha value is -1.93. The van der Waals surface area contributed by atoms with Crippen molar-refractivity contribution in [2.45, 2.75) is 18.4 Å². The van der Waals surface area contributed by atoms with E-state index in [-0.39, 0.29) is 5.89 Å². The molecule has 0 unspecified atom stereocenters. The maximum absolute atomic E-state index is 12.3. The molecule has 5 nitrogen and oxygen atoms in total. The van der Waals surface area contributed by atoms with Gasteiger partial charge in [0.2, 0.25) is 0 Å². The van der Waals surface area contributed by atoms with Gasteiger partial charge in [0.15, 0.2) is 5.82 Å². The Morgan fingerprint density at radius 3 is 2.32 bits per heavy atom. The first-order valence-corrected chi connectivity index (χ1v) is 5.19. The van der Waals surface area contributed by atoms with Gasteiger partial charge in [-0.3, -0.25) is 0 Å². The molecule has 0 amide bonds. The van der Waals surface area contributed by atoms with Crippen LogP contribution < -0.4 is 0 Å². The molecule has 0 fully saturated rings. The van der Waals surface area contributed by atoms with Gasteiger partial charge in [0, 0.05) is 5.56 Å². The SMILES string of the molecule is OC(O)(Cc1noc(-c2ccccc2)n1)C(F)(F)F. The van der Waals surface area contributed by atoms with Crippen LogP contribution in [0.2, 0.25) is 0 Å². The predicted molar refractivity (Wildman–Crippen MR) is 56.7 cm³/mol. The quantitative estimate of drug-likeness (QED) is 0.830. The van der Waals surface area contributed by atoms with E-state index >= 15 is 0 Å². The lowest BCUT2D eigenvalue weighted by atomic mass is 10.2. The summed E-state index contributed by atoms with van der Waals surface area (Å²) in [5.41, 5.74) is 0.523. The molecule has 1 aromatic heterocycles. The highest BCUT2D eigenvalue weighted by Crippen LogP contribution is 2.30. The fraction of sp³-hybridized carbons (Fsp3) is 0.273. The van der Waals surface area contributed by atoms with Crippen LogP contribution in [0.4, 0.5) is 13.2 Å². The number of rotatable bonds is 3. The second-order valence-electron chi connectivity index (χ2n) is 3.87. The van der Waals surface area contributed by atoms with E-state index in [0.29, 0.717) is 5.56 Å². The molecule has 102 valence electrons. The van der Waals surface area contributed by atoms with Crippen molar-refractivity contribution in [2.24, 2.45) is 0 Å². The van der Waals surface area contributed by atoms with E-state index in [0.717, 1.165) is 0 Å². The molecule has 0 bridgehead atoms. The molecule has 0 aliphatic heterocycles.